The lowest BCUT2D eigenvalue weighted by Gasteiger charge is -2.13. The maximum Gasteiger partial charge on any atom is 0.161 e. The summed E-state index contributed by atoms with van der Waals surface area (Å²) >= 11 is 5.88. The summed E-state index contributed by atoms with van der Waals surface area (Å²) in [5, 5.41) is 4.11. The van der Waals surface area contributed by atoms with Crippen molar-refractivity contribution in [2.24, 2.45) is 0 Å². The average molecular weight is 320 g/mol. The molecule has 0 spiro atoms. The lowest BCUT2D eigenvalue weighted by molar-refractivity contribution is 0.284. The second-order valence-corrected chi connectivity index (χ2v) is 5.87. The number of nitrogens with one attached hydrogen (secondary N) is 1. The molecule has 2 rings (SSSR count). The van der Waals surface area contributed by atoms with Crippen LogP contribution in [-0.2, 0) is 13.2 Å². The van der Waals surface area contributed by atoms with Gasteiger partial charge < -0.3 is 14.8 Å². The maximum absolute atomic E-state index is 5.88. The highest BCUT2D eigenvalue weighted by atomic mass is 35.5. The number of benzene rings is 2. The van der Waals surface area contributed by atoms with Gasteiger partial charge in [-0.15, -0.1) is 0 Å². The van der Waals surface area contributed by atoms with Crippen molar-refractivity contribution in [3.8, 4) is 11.5 Å². The Hall–Kier alpha value is -1.71. The van der Waals surface area contributed by atoms with E-state index in [0.717, 1.165) is 28.6 Å². The molecule has 0 radical (unpaired) electrons. The molecule has 1 N–H and O–H groups in total. The molecular formula is C18H22ClNO2. The lowest BCUT2D eigenvalue weighted by Crippen LogP contribution is -2.21. The summed E-state index contributed by atoms with van der Waals surface area (Å²) in [6.07, 6.45) is 0. The molecule has 3 nitrogen and oxygen atoms in total. The predicted octanol–water partition coefficient (Wildman–Crippen LogP) is 4.43. The van der Waals surface area contributed by atoms with Gasteiger partial charge in [-0.25, -0.2) is 0 Å². The maximum atomic E-state index is 5.88. The van der Waals surface area contributed by atoms with Gasteiger partial charge >= 0.3 is 0 Å². The minimum atomic E-state index is 0.451. The molecule has 22 heavy (non-hydrogen) atoms. The smallest absolute Gasteiger partial charge is 0.161 e. The normalized spacial score (nSPS) is 10.8. The summed E-state index contributed by atoms with van der Waals surface area (Å²) in [7, 11) is 1.66. The van der Waals surface area contributed by atoms with Crippen LogP contribution in [0.1, 0.15) is 25.0 Å². The van der Waals surface area contributed by atoms with Crippen LogP contribution in [0.4, 0.5) is 0 Å². The van der Waals surface area contributed by atoms with Crippen LogP contribution < -0.4 is 14.8 Å². The Labute approximate surface area is 137 Å². The van der Waals surface area contributed by atoms with Crippen LogP contribution in [0.5, 0.6) is 11.5 Å². The largest absolute Gasteiger partial charge is 0.493 e. The Kier molecular flexibility index (Phi) is 6.10. The highest BCUT2D eigenvalue weighted by Gasteiger charge is 2.07. The van der Waals surface area contributed by atoms with Crippen LogP contribution in [0.15, 0.2) is 42.5 Å². The first-order valence-corrected chi connectivity index (χ1v) is 7.74. The topological polar surface area (TPSA) is 30.5 Å². The minimum Gasteiger partial charge on any atom is -0.493 e. The van der Waals surface area contributed by atoms with E-state index in [-0.39, 0.29) is 0 Å². The first kappa shape index (κ1) is 16.7. The fourth-order valence-electron chi connectivity index (χ4n) is 2.00. The summed E-state index contributed by atoms with van der Waals surface area (Å²) < 4.78 is 11.3. The van der Waals surface area contributed by atoms with Gasteiger partial charge in [-0.1, -0.05) is 43.6 Å². The van der Waals surface area contributed by atoms with E-state index in [4.69, 9.17) is 21.1 Å². The second kappa shape index (κ2) is 8.06. The predicted molar refractivity (Wildman–Crippen MR) is 90.8 cm³/mol. The summed E-state index contributed by atoms with van der Waals surface area (Å²) in [6, 6.07) is 14.1. The molecule has 0 saturated heterocycles. The van der Waals surface area contributed by atoms with Gasteiger partial charge in [-0.3, -0.25) is 0 Å². The molecule has 0 saturated carbocycles. The van der Waals surface area contributed by atoms with Crippen LogP contribution in [0.3, 0.4) is 0 Å². The van der Waals surface area contributed by atoms with E-state index in [9.17, 15) is 0 Å². The molecule has 0 atom stereocenters. The Bertz CT molecular complexity index is 597. The molecule has 0 aliphatic rings. The standard InChI is InChI=1S/C18H22ClNO2/c1-13(2)20-11-15-6-9-17(18(10-15)21-3)22-12-14-4-7-16(19)8-5-14/h4-10,13,20H,11-12H2,1-3H3. The van der Waals surface area contributed by atoms with E-state index in [1.807, 2.05) is 36.4 Å². The highest BCUT2D eigenvalue weighted by Crippen LogP contribution is 2.29. The molecule has 0 fully saturated rings. The molecule has 2 aromatic rings. The van der Waals surface area contributed by atoms with Crippen molar-refractivity contribution in [3.05, 3.63) is 58.6 Å². The zero-order valence-corrected chi connectivity index (χ0v) is 14.0. The molecule has 0 unspecified atom stereocenters. The first-order valence-electron chi connectivity index (χ1n) is 7.36. The number of hydrogen-bond donors (Lipinski definition) is 1. The van der Waals surface area contributed by atoms with E-state index < -0.39 is 0 Å². The number of halogens is 1. The van der Waals surface area contributed by atoms with Crippen molar-refractivity contribution in [3.63, 3.8) is 0 Å². The van der Waals surface area contributed by atoms with E-state index in [2.05, 4.69) is 25.2 Å². The molecular weight excluding hydrogens is 298 g/mol. The average Bonchev–Trinajstić information content (AvgIpc) is 2.52. The molecule has 2 aromatic carbocycles. The number of hydrogen-bond acceptors (Lipinski definition) is 3. The van der Waals surface area contributed by atoms with E-state index in [1.54, 1.807) is 7.11 Å². The van der Waals surface area contributed by atoms with Crippen molar-refractivity contribution >= 4 is 11.6 Å². The van der Waals surface area contributed by atoms with Crippen LogP contribution in [0, 0.1) is 0 Å². The van der Waals surface area contributed by atoms with E-state index in [1.165, 1.54) is 5.56 Å². The quantitative estimate of drug-likeness (QED) is 0.819. The molecule has 0 amide bonds. The molecule has 0 heterocycles. The van der Waals surface area contributed by atoms with Crippen LogP contribution >= 0.6 is 11.6 Å². The third-order valence-electron chi connectivity index (χ3n) is 3.25. The molecule has 4 heteroatoms. The number of rotatable bonds is 7. The van der Waals surface area contributed by atoms with Gasteiger partial charge in [0.25, 0.3) is 0 Å². The molecule has 0 aromatic heterocycles. The van der Waals surface area contributed by atoms with Crippen LogP contribution in [0.25, 0.3) is 0 Å². The molecule has 0 bridgehead atoms. The molecule has 0 aliphatic heterocycles. The van der Waals surface area contributed by atoms with Crippen molar-refractivity contribution in [2.75, 3.05) is 7.11 Å². The monoisotopic (exact) mass is 319 g/mol. The Balaban J connectivity index is 2.02. The van der Waals surface area contributed by atoms with Crippen molar-refractivity contribution in [1.29, 1.82) is 0 Å². The van der Waals surface area contributed by atoms with Gasteiger partial charge in [0.1, 0.15) is 6.61 Å². The van der Waals surface area contributed by atoms with Crippen molar-refractivity contribution in [2.45, 2.75) is 33.0 Å². The van der Waals surface area contributed by atoms with E-state index >= 15 is 0 Å². The molecule has 118 valence electrons. The second-order valence-electron chi connectivity index (χ2n) is 5.44. The van der Waals surface area contributed by atoms with Crippen molar-refractivity contribution < 1.29 is 9.47 Å². The third-order valence-corrected chi connectivity index (χ3v) is 3.50. The molecule has 0 aliphatic carbocycles. The van der Waals surface area contributed by atoms with Gasteiger partial charge in [-0.2, -0.15) is 0 Å². The fraction of sp³-hybridized carbons (Fsp3) is 0.333. The Morgan fingerprint density at radius 2 is 1.68 bits per heavy atom. The third kappa shape index (κ3) is 4.93. The minimum absolute atomic E-state index is 0.451. The fourth-order valence-corrected chi connectivity index (χ4v) is 2.13. The lowest BCUT2D eigenvalue weighted by atomic mass is 10.2. The van der Waals surface area contributed by atoms with Crippen molar-refractivity contribution in [1.82, 2.24) is 5.32 Å². The summed E-state index contributed by atoms with van der Waals surface area (Å²) in [5.74, 6) is 1.49. The summed E-state index contributed by atoms with van der Waals surface area (Å²) in [6.45, 7) is 5.55. The Morgan fingerprint density at radius 1 is 1.00 bits per heavy atom. The zero-order valence-electron chi connectivity index (χ0n) is 13.2. The Morgan fingerprint density at radius 3 is 2.32 bits per heavy atom. The number of methoxy groups -OCH3 is 1. The van der Waals surface area contributed by atoms with E-state index in [0.29, 0.717) is 12.6 Å². The van der Waals surface area contributed by atoms with Crippen LogP contribution in [-0.4, -0.2) is 13.2 Å². The van der Waals surface area contributed by atoms with Gasteiger partial charge in [-0.05, 0) is 35.4 Å². The van der Waals surface area contributed by atoms with Crippen LogP contribution in [0.2, 0.25) is 5.02 Å². The summed E-state index contributed by atoms with van der Waals surface area (Å²) in [4.78, 5) is 0. The number of ether oxygens (including phenoxy) is 2. The van der Waals surface area contributed by atoms with Gasteiger partial charge in [0, 0.05) is 17.6 Å². The van der Waals surface area contributed by atoms with Gasteiger partial charge in [0.15, 0.2) is 11.5 Å². The highest BCUT2D eigenvalue weighted by molar-refractivity contribution is 6.30. The van der Waals surface area contributed by atoms with Gasteiger partial charge in [0.05, 0.1) is 7.11 Å². The van der Waals surface area contributed by atoms with Gasteiger partial charge in [0.2, 0.25) is 0 Å². The first-order chi connectivity index (χ1) is 10.6. The SMILES string of the molecule is COc1cc(CNC(C)C)ccc1OCc1ccc(Cl)cc1. The summed E-state index contributed by atoms with van der Waals surface area (Å²) in [5.41, 5.74) is 2.24. The zero-order chi connectivity index (χ0) is 15.9.